The molecule has 100 valence electrons. The first-order chi connectivity index (χ1) is 7.99. The van der Waals surface area contributed by atoms with E-state index in [0.29, 0.717) is 0 Å². The monoisotopic (exact) mass is 243 g/mol. The minimum Gasteiger partial charge on any atom is -0.481 e. The van der Waals surface area contributed by atoms with Gasteiger partial charge >= 0.3 is 5.97 Å². The molecule has 4 heteroatoms. The van der Waals surface area contributed by atoms with Gasteiger partial charge in [-0.1, -0.05) is 13.8 Å². The SMILES string of the molecule is CC(C)(CNCCC1CCOCC1)CC(=O)O. The summed E-state index contributed by atoms with van der Waals surface area (Å²) in [6, 6.07) is 0. The third kappa shape index (κ3) is 6.64. The molecule has 2 N–H and O–H groups in total. The summed E-state index contributed by atoms with van der Waals surface area (Å²) in [5.74, 6) is 0.0556. The number of aliphatic carboxylic acids is 1. The van der Waals surface area contributed by atoms with Gasteiger partial charge in [-0.05, 0) is 37.1 Å². The molecule has 0 saturated carbocycles. The fourth-order valence-corrected chi connectivity index (χ4v) is 2.24. The normalized spacial score (nSPS) is 18.2. The van der Waals surface area contributed by atoms with Crippen LogP contribution in [-0.4, -0.2) is 37.4 Å². The van der Waals surface area contributed by atoms with Crippen molar-refractivity contribution in [2.45, 2.75) is 39.5 Å². The summed E-state index contributed by atoms with van der Waals surface area (Å²) in [5.41, 5.74) is -0.165. The van der Waals surface area contributed by atoms with E-state index in [0.717, 1.165) is 32.2 Å². The van der Waals surface area contributed by atoms with Gasteiger partial charge in [0.25, 0.3) is 0 Å². The van der Waals surface area contributed by atoms with Gasteiger partial charge in [0, 0.05) is 19.8 Å². The van der Waals surface area contributed by atoms with Crippen LogP contribution >= 0.6 is 0 Å². The minimum absolute atomic E-state index is 0.165. The van der Waals surface area contributed by atoms with Crippen molar-refractivity contribution in [3.05, 3.63) is 0 Å². The molecule has 1 rings (SSSR count). The van der Waals surface area contributed by atoms with Crippen molar-refractivity contribution < 1.29 is 14.6 Å². The van der Waals surface area contributed by atoms with Crippen LogP contribution in [0.3, 0.4) is 0 Å². The summed E-state index contributed by atoms with van der Waals surface area (Å²) in [4.78, 5) is 10.7. The predicted octanol–water partition coefficient (Wildman–Crippen LogP) is 1.89. The molecule has 0 aromatic carbocycles. The second-order valence-electron chi connectivity index (χ2n) is 5.76. The maximum Gasteiger partial charge on any atom is 0.303 e. The molecule has 1 aliphatic heterocycles. The lowest BCUT2D eigenvalue weighted by atomic mass is 9.89. The number of carbonyl (C=O) groups is 1. The van der Waals surface area contributed by atoms with Crippen molar-refractivity contribution in [1.82, 2.24) is 5.32 Å². The van der Waals surface area contributed by atoms with E-state index in [-0.39, 0.29) is 11.8 Å². The molecule has 0 amide bonds. The number of nitrogens with one attached hydrogen (secondary N) is 1. The van der Waals surface area contributed by atoms with Crippen molar-refractivity contribution in [3.63, 3.8) is 0 Å². The quantitative estimate of drug-likeness (QED) is 0.670. The molecule has 0 spiro atoms. The molecule has 0 aliphatic carbocycles. The van der Waals surface area contributed by atoms with Gasteiger partial charge in [-0.2, -0.15) is 0 Å². The van der Waals surface area contributed by atoms with Crippen LogP contribution in [0.15, 0.2) is 0 Å². The Morgan fingerprint density at radius 3 is 2.65 bits per heavy atom. The summed E-state index contributed by atoms with van der Waals surface area (Å²) in [5, 5.41) is 12.1. The first-order valence-corrected chi connectivity index (χ1v) is 6.50. The topological polar surface area (TPSA) is 58.6 Å². The number of carboxylic acids is 1. The number of rotatable bonds is 7. The third-order valence-electron chi connectivity index (χ3n) is 3.30. The number of ether oxygens (including phenoxy) is 1. The molecule has 17 heavy (non-hydrogen) atoms. The average Bonchev–Trinajstić information content (AvgIpc) is 2.24. The van der Waals surface area contributed by atoms with Gasteiger partial charge < -0.3 is 15.2 Å². The Hall–Kier alpha value is -0.610. The van der Waals surface area contributed by atoms with Gasteiger partial charge in [0.05, 0.1) is 6.42 Å². The summed E-state index contributed by atoms with van der Waals surface area (Å²) in [6.07, 6.45) is 3.73. The summed E-state index contributed by atoms with van der Waals surface area (Å²) in [7, 11) is 0. The highest BCUT2D eigenvalue weighted by Gasteiger charge is 2.21. The Labute approximate surface area is 104 Å². The lowest BCUT2D eigenvalue weighted by molar-refractivity contribution is -0.139. The van der Waals surface area contributed by atoms with E-state index in [2.05, 4.69) is 5.32 Å². The summed E-state index contributed by atoms with van der Waals surface area (Å²) < 4.78 is 5.32. The van der Waals surface area contributed by atoms with Gasteiger partial charge in [-0.25, -0.2) is 0 Å². The van der Waals surface area contributed by atoms with Crippen LogP contribution in [0.5, 0.6) is 0 Å². The summed E-state index contributed by atoms with van der Waals surface area (Å²) >= 11 is 0. The van der Waals surface area contributed by atoms with Crippen LogP contribution in [-0.2, 0) is 9.53 Å². The van der Waals surface area contributed by atoms with E-state index in [4.69, 9.17) is 9.84 Å². The molecular weight excluding hydrogens is 218 g/mol. The maximum atomic E-state index is 10.7. The molecular formula is C13H25NO3. The first kappa shape index (κ1) is 14.5. The van der Waals surface area contributed by atoms with E-state index in [9.17, 15) is 4.79 Å². The predicted molar refractivity (Wildman–Crippen MR) is 67.1 cm³/mol. The van der Waals surface area contributed by atoms with Gasteiger partial charge in [-0.15, -0.1) is 0 Å². The fourth-order valence-electron chi connectivity index (χ4n) is 2.24. The Kier molecular flexibility index (Phi) is 5.92. The highest BCUT2D eigenvalue weighted by atomic mass is 16.5. The molecule has 4 nitrogen and oxygen atoms in total. The van der Waals surface area contributed by atoms with Crippen molar-refractivity contribution in [3.8, 4) is 0 Å². The van der Waals surface area contributed by atoms with Crippen LogP contribution < -0.4 is 5.32 Å². The van der Waals surface area contributed by atoms with Crippen molar-refractivity contribution in [2.24, 2.45) is 11.3 Å². The molecule has 1 saturated heterocycles. The van der Waals surface area contributed by atoms with Gasteiger partial charge in [0.2, 0.25) is 0 Å². The highest BCUT2D eigenvalue weighted by Crippen LogP contribution is 2.20. The molecule has 0 bridgehead atoms. The van der Waals surface area contributed by atoms with E-state index in [1.807, 2.05) is 13.8 Å². The zero-order chi connectivity index (χ0) is 12.7. The van der Waals surface area contributed by atoms with E-state index in [1.54, 1.807) is 0 Å². The molecule has 0 radical (unpaired) electrons. The zero-order valence-corrected chi connectivity index (χ0v) is 11.0. The van der Waals surface area contributed by atoms with Crippen LogP contribution in [0.2, 0.25) is 0 Å². The van der Waals surface area contributed by atoms with Crippen molar-refractivity contribution in [1.29, 1.82) is 0 Å². The van der Waals surface area contributed by atoms with Crippen molar-refractivity contribution in [2.75, 3.05) is 26.3 Å². The average molecular weight is 243 g/mol. The Morgan fingerprint density at radius 2 is 2.06 bits per heavy atom. The zero-order valence-electron chi connectivity index (χ0n) is 11.0. The molecule has 0 aromatic heterocycles. The number of carboxylic acid groups (broad SMARTS) is 1. The first-order valence-electron chi connectivity index (χ1n) is 6.50. The summed E-state index contributed by atoms with van der Waals surface area (Å²) in [6.45, 7) is 7.52. The fraction of sp³-hybridized carbons (Fsp3) is 0.923. The van der Waals surface area contributed by atoms with Crippen molar-refractivity contribution >= 4 is 5.97 Å². The largest absolute Gasteiger partial charge is 0.481 e. The Balaban J connectivity index is 2.08. The van der Waals surface area contributed by atoms with Gasteiger partial charge in [-0.3, -0.25) is 4.79 Å². The molecule has 1 fully saturated rings. The lowest BCUT2D eigenvalue weighted by Crippen LogP contribution is -2.33. The van der Waals surface area contributed by atoms with Crippen LogP contribution in [0.1, 0.15) is 39.5 Å². The standard InChI is InChI=1S/C13H25NO3/c1-13(2,9-12(15)16)10-14-6-3-11-4-7-17-8-5-11/h11,14H,3-10H2,1-2H3,(H,15,16). The van der Waals surface area contributed by atoms with Crippen LogP contribution in [0.4, 0.5) is 0 Å². The highest BCUT2D eigenvalue weighted by molar-refractivity contribution is 5.67. The van der Waals surface area contributed by atoms with Crippen LogP contribution in [0, 0.1) is 11.3 Å². The van der Waals surface area contributed by atoms with Crippen LogP contribution in [0.25, 0.3) is 0 Å². The van der Waals surface area contributed by atoms with E-state index < -0.39 is 5.97 Å². The number of hydrogen-bond donors (Lipinski definition) is 2. The molecule has 1 aliphatic rings. The molecule has 1 heterocycles. The van der Waals surface area contributed by atoms with E-state index in [1.165, 1.54) is 19.3 Å². The van der Waals surface area contributed by atoms with E-state index >= 15 is 0 Å². The molecule has 0 unspecified atom stereocenters. The maximum absolute atomic E-state index is 10.7. The Bertz CT molecular complexity index is 235. The third-order valence-corrected chi connectivity index (χ3v) is 3.30. The minimum atomic E-state index is -0.721. The molecule has 0 aromatic rings. The van der Waals surface area contributed by atoms with Gasteiger partial charge in [0.15, 0.2) is 0 Å². The lowest BCUT2D eigenvalue weighted by Gasteiger charge is -2.25. The van der Waals surface area contributed by atoms with Gasteiger partial charge in [0.1, 0.15) is 0 Å². The smallest absolute Gasteiger partial charge is 0.303 e. The second-order valence-corrected chi connectivity index (χ2v) is 5.76. The Morgan fingerprint density at radius 1 is 1.41 bits per heavy atom. The number of hydrogen-bond acceptors (Lipinski definition) is 3. The molecule has 0 atom stereocenters. The second kappa shape index (κ2) is 6.97.